The lowest BCUT2D eigenvalue weighted by Gasteiger charge is -2.14. The van der Waals surface area contributed by atoms with Crippen LogP contribution in [0.15, 0.2) is 18.2 Å². The van der Waals surface area contributed by atoms with Crippen LogP contribution < -0.4 is 5.32 Å². The first-order valence-electron chi connectivity index (χ1n) is 4.88. The molecule has 0 bridgehead atoms. The number of hydrogen-bond donors (Lipinski definition) is 1. The van der Waals surface area contributed by atoms with Crippen LogP contribution in [0.3, 0.4) is 0 Å². The largest absolute Gasteiger partial charge is 0.307 e. The monoisotopic (exact) mass is 197 g/mol. The molecule has 2 rings (SSSR count). The number of nitrogens with one attached hydrogen (secondary N) is 1. The number of hydrogen-bond acceptors (Lipinski definition) is 1. The molecule has 0 spiro atoms. The van der Waals surface area contributed by atoms with Crippen molar-refractivity contribution in [1.82, 2.24) is 5.32 Å². The van der Waals surface area contributed by atoms with Crippen molar-refractivity contribution in [3.8, 4) is 0 Å². The van der Waals surface area contributed by atoms with Crippen molar-refractivity contribution in [3.63, 3.8) is 0 Å². The molecule has 1 saturated carbocycles. The second kappa shape index (κ2) is 3.65. The van der Waals surface area contributed by atoms with E-state index in [1.807, 2.05) is 6.92 Å². The van der Waals surface area contributed by atoms with Gasteiger partial charge in [-0.25, -0.2) is 8.78 Å². The van der Waals surface area contributed by atoms with Gasteiger partial charge in [-0.2, -0.15) is 0 Å². The Balaban J connectivity index is 2.13. The Kier molecular flexibility index (Phi) is 2.50. The summed E-state index contributed by atoms with van der Waals surface area (Å²) in [6.07, 6.45) is 2.32. The maximum absolute atomic E-state index is 13.3. The fraction of sp³-hybridized carbons (Fsp3) is 0.455. The standard InChI is InChI=1S/C11H13F2N/c1-7(14-9-3-4-9)10-5-2-8(12)6-11(10)13/h2,5-7,9,14H,3-4H2,1H3. The Bertz CT molecular complexity index is 334. The third-order valence-corrected chi connectivity index (χ3v) is 2.49. The van der Waals surface area contributed by atoms with Gasteiger partial charge in [-0.15, -0.1) is 0 Å². The predicted octanol–water partition coefficient (Wildman–Crippen LogP) is 2.78. The van der Waals surface area contributed by atoms with E-state index in [2.05, 4.69) is 5.32 Å². The van der Waals surface area contributed by atoms with Gasteiger partial charge in [0.05, 0.1) is 0 Å². The van der Waals surface area contributed by atoms with Crippen molar-refractivity contribution in [2.75, 3.05) is 0 Å². The van der Waals surface area contributed by atoms with E-state index in [0.717, 1.165) is 18.9 Å². The smallest absolute Gasteiger partial charge is 0.130 e. The molecule has 0 aromatic heterocycles. The van der Waals surface area contributed by atoms with E-state index in [-0.39, 0.29) is 6.04 Å². The topological polar surface area (TPSA) is 12.0 Å². The average Bonchev–Trinajstić information content (AvgIpc) is 2.87. The van der Waals surface area contributed by atoms with Crippen LogP contribution in [-0.4, -0.2) is 6.04 Å². The first-order valence-corrected chi connectivity index (χ1v) is 4.88. The second-order valence-electron chi connectivity index (χ2n) is 3.83. The molecule has 0 radical (unpaired) electrons. The molecule has 1 aromatic carbocycles. The molecule has 1 atom stereocenters. The van der Waals surface area contributed by atoms with E-state index >= 15 is 0 Å². The fourth-order valence-electron chi connectivity index (χ4n) is 1.55. The van der Waals surface area contributed by atoms with E-state index in [1.165, 1.54) is 12.1 Å². The van der Waals surface area contributed by atoms with Gasteiger partial charge in [-0.3, -0.25) is 0 Å². The molecule has 1 unspecified atom stereocenters. The molecule has 1 fully saturated rings. The van der Waals surface area contributed by atoms with E-state index < -0.39 is 11.6 Å². The summed E-state index contributed by atoms with van der Waals surface area (Å²) in [7, 11) is 0. The molecule has 14 heavy (non-hydrogen) atoms. The van der Waals surface area contributed by atoms with Crippen LogP contribution in [0.25, 0.3) is 0 Å². The summed E-state index contributed by atoms with van der Waals surface area (Å²) in [5, 5.41) is 3.27. The summed E-state index contributed by atoms with van der Waals surface area (Å²) in [5.41, 5.74) is 0.540. The Labute approximate surface area is 82.1 Å². The summed E-state index contributed by atoms with van der Waals surface area (Å²) < 4.78 is 25.9. The van der Waals surface area contributed by atoms with Crippen LogP contribution >= 0.6 is 0 Å². The van der Waals surface area contributed by atoms with Crippen LogP contribution in [0.5, 0.6) is 0 Å². The normalized spacial score (nSPS) is 18.2. The lowest BCUT2D eigenvalue weighted by atomic mass is 10.1. The van der Waals surface area contributed by atoms with E-state index in [0.29, 0.717) is 11.6 Å². The van der Waals surface area contributed by atoms with Crippen LogP contribution in [0.1, 0.15) is 31.4 Å². The van der Waals surface area contributed by atoms with Gasteiger partial charge in [0.15, 0.2) is 0 Å². The fourth-order valence-corrected chi connectivity index (χ4v) is 1.55. The average molecular weight is 197 g/mol. The third kappa shape index (κ3) is 2.10. The molecular formula is C11H13F2N. The molecule has 1 N–H and O–H groups in total. The van der Waals surface area contributed by atoms with Gasteiger partial charge in [0.1, 0.15) is 11.6 Å². The zero-order valence-electron chi connectivity index (χ0n) is 8.06. The summed E-state index contributed by atoms with van der Waals surface area (Å²) in [4.78, 5) is 0. The quantitative estimate of drug-likeness (QED) is 0.785. The molecule has 1 nitrogen and oxygen atoms in total. The van der Waals surface area contributed by atoms with Crippen LogP contribution in [-0.2, 0) is 0 Å². The maximum atomic E-state index is 13.3. The molecule has 0 heterocycles. The van der Waals surface area contributed by atoms with Gasteiger partial charge < -0.3 is 5.32 Å². The zero-order chi connectivity index (χ0) is 10.1. The lowest BCUT2D eigenvalue weighted by molar-refractivity contribution is 0.516. The highest BCUT2D eigenvalue weighted by molar-refractivity contribution is 5.22. The molecule has 1 aromatic rings. The Hall–Kier alpha value is -0.960. The Morgan fingerprint density at radius 2 is 2.07 bits per heavy atom. The SMILES string of the molecule is CC(NC1CC1)c1ccc(F)cc1F. The highest BCUT2D eigenvalue weighted by atomic mass is 19.1. The summed E-state index contributed by atoms with van der Waals surface area (Å²) in [5.74, 6) is -0.990. The third-order valence-electron chi connectivity index (χ3n) is 2.49. The Morgan fingerprint density at radius 1 is 1.36 bits per heavy atom. The molecule has 1 aliphatic rings. The Morgan fingerprint density at radius 3 is 2.64 bits per heavy atom. The highest BCUT2D eigenvalue weighted by Crippen LogP contribution is 2.25. The molecule has 76 valence electrons. The van der Waals surface area contributed by atoms with Gasteiger partial charge in [0.25, 0.3) is 0 Å². The van der Waals surface area contributed by atoms with Gasteiger partial charge in [0, 0.05) is 23.7 Å². The van der Waals surface area contributed by atoms with E-state index in [9.17, 15) is 8.78 Å². The van der Waals surface area contributed by atoms with Crippen molar-refractivity contribution in [2.24, 2.45) is 0 Å². The first kappa shape index (κ1) is 9.59. The molecular weight excluding hydrogens is 184 g/mol. The van der Waals surface area contributed by atoms with Gasteiger partial charge in [-0.05, 0) is 25.8 Å². The number of benzene rings is 1. The van der Waals surface area contributed by atoms with E-state index in [4.69, 9.17) is 0 Å². The summed E-state index contributed by atoms with van der Waals surface area (Å²) in [6.45, 7) is 1.90. The van der Waals surface area contributed by atoms with E-state index in [1.54, 1.807) is 0 Å². The van der Waals surface area contributed by atoms with Gasteiger partial charge in [-0.1, -0.05) is 6.07 Å². The first-order chi connectivity index (χ1) is 6.66. The minimum atomic E-state index is -0.523. The van der Waals surface area contributed by atoms with Gasteiger partial charge in [0.2, 0.25) is 0 Å². The van der Waals surface area contributed by atoms with Crippen molar-refractivity contribution >= 4 is 0 Å². The minimum Gasteiger partial charge on any atom is -0.307 e. The van der Waals surface area contributed by atoms with Crippen LogP contribution in [0, 0.1) is 11.6 Å². The number of rotatable bonds is 3. The summed E-state index contributed by atoms with van der Waals surface area (Å²) in [6, 6.07) is 4.21. The van der Waals surface area contributed by atoms with Crippen molar-refractivity contribution < 1.29 is 8.78 Å². The molecule has 3 heteroatoms. The maximum Gasteiger partial charge on any atom is 0.130 e. The zero-order valence-corrected chi connectivity index (χ0v) is 8.06. The molecule has 0 amide bonds. The molecule has 0 saturated heterocycles. The van der Waals surface area contributed by atoms with Crippen molar-refractivity contribution in [2.45, 2.75) is 31.8 Å². The van der Waals surface area contributed by atoms with Crippen LogP contribution in [0.2, 0.25) is 0 Å². The van der Waals surface area contributed by atoms with Gasteiger partial charge >= 0.3 is 0 Å². The molecule has 0 aliphatic heterocycles. The highest BCUT2D eigenvalue weighted by Gasteiger charge is 2.24. The van der Waals surface area contributed by atoms with Crippen molar-refractivity contribution in [1.29, 1.82) is 0 Å². The lowest BCUT2D eigenvalue weighted by Crippen LogP contribution is -2.21. The van der Waals surface area contributed by atoms with Crippen molar-refractivity contribution in [3.05, 3.63) is 35.4 Å². The molecule has 1 aliphatic carbocycles. The predicted molar refractivity (Wildman–Crippen MR) is 50.9 cm³/mol. The second-order valence-corrected chi connectivity index (χ2v) is 3.83. The minimum absolute atomic E-state index is 0.0388. The van der Waals surface area contributed by atoms with Crippen LogP contribution in [0.4, 0.5) is 8.78 Å². The number of halogens is 2. The summed E-state index contributed by atoms with van der Waals surface area (Å²) >= 11 is 0.